The summed E-state index contributed by atoms with van der Waals surface area (Å²) in [5.41, 5.74) is 1.02. The lowest BCUT2D eigenvalue weighted by Crippen LogP contribution is -2.01. The van der Waals surface area contributed by atoms with E-state index in [9.17, 15) is 4.39 Å². The third-order valence-electron chi connectivity index (χ3n) is 3.05. The van der Waals surface area contributed by atoms with E-state index < -0.39 is 0 Å². The van der Waals surface area contributed by atoms with Gasteiger partial charge in [-0.05, 0) is 29.1 Å². The predicted octanol–water partition coefficient (Wildman–Crippen LogP) is 3.99. The Labute approximate surface area is 110 Å². The van der Waals surface area contributed by atoms with Gasteiger partial charge in [-0.15, -0.1) is 0 Å². The lowest BCUT2D eigenvalue weighted by Gasteiger charge is -2.08. The van der Waals surface area contributed by atoms with Crippen molar-refractivity contribution in [1.82, 2.24) is 4.98 Å². The van der Waals surface area contributed by atoms with Crippen LogP contribution in [0.4, 0.5) is 10.2 Å². The first-order chi connectivity index (χ1) is 9.33. The highest BCUT2D eigenvalue weighted by Gasteiger charge is 2.01. The van der Waals surface area contributed by atoms with Crippen molar-refractivity contribution < 1.29 is 4.39 Å². The molecule has 0 aliphatic heterocycles. The maximum atomic E-state index is 12.8. The Morgan fingerprint density at radius 3 is 2.58 bits per heavy atom. The van der Waals surface area contributed by atoms with Crippen LogP contribution in [0, 0.1) is 5.82 Å². The second-order valence-corrected chi connectivity index (χ2v) is 4.36. The number of anilines is 1. The summed E-state index contributed by atoms with van der Waals surface area (Å²) in [6.45, 7) is 0.626. The second kappa shape index (κ2) is 5.06. The molecule has 3 aromatic rings. The van der Waals surface area contributed by atoms with E-state index in [1.165, 1.54) is 12.1 Å². The molecular formula is C16H13FN2. The Hall–Kier alpha value is -2.42. The van der Waals surface area contributed by atoms with E-state index in [4.69, 9.17) is 0 Å². The van der Waals surface area contributed by atoms with Gasteiger partial charge in [0, 0.05) is 18.1 Å². The average molecular weight is 252 g/mol. The first kappa shape index (κ1) is 11.7. The van der Waals surface area contributed by atoms with E-state index in [0.29, 0.717) is 6.54 Å². The summed E-state index contributed by atoms with van der Waals surface area (Å²) >= 11 is 0. The summed E-state index contributed by atoms with van der Waals surface area (Å²) in [4.78, 5) is 4.35. The number of pyridine rings is 1. The smallest absolute Gasteiger partial charge is 0.134 e. The Balaban J connectivity index is 1.84. The number of fused-ring (bicyclic) bond motifs is 1. The fourth-order valence-corrected chi connectivity index (χ4v) is 2.05. The molecule has 0 radical (unpaired) electrons. The van der Waals surface area contributed by atoms with Gasteiger partial charge >= 0.3 is 0 Å². The quantitative estimate of drug-likeness (QED) is 0.762. The van der Waals surface area contributed by atoms with Crippen molar-refractivity contribution in [1.29, 1.82) is 0 Å². The zero-order valence-electron chi connectivity index (χ0n) is 10.3. The molecule has 0 aliphatic rings. The van der Waals surface area contributed by atoms with Gasteiger partial charge < -0.3 is 5.32 Å². The molecule has 1 N–H and O–H groups in total. The number of benzene rings is 2. The molecule has 2 aromatic carbocycles. The minimum atomic E-state index is -0.216. The zero-order valence-corrected chi connectivity index (χ0v) is 10.3. The summed E-state index contributed by atoms with van der Waals surface area (Å²) in [6.07, 6.45) is 1.79. The first-order valence-electron chi connectivity index (χ1n) is 6.15. The van der Waals surface area contributed by atoms with Gasteiger partial charge in [0.25, 0.3) is 0 Å². The van der Waals surface area contributed by atoms with Crippen molar-refractivity contribution >= 4 is 16.6 Å². The van der Waals surface area contributed by atoms with Crippen molar-refractivity contribution in [3.63, 3.8) is 0 Å². The summed E-state index contributed by atoms with van der Waals surface area (Å²) in [7, 11) is 0. The van der Waals surface area contributed by atoms with E-state index in [1.54, 1.807) is 18.3 Å². The molecule has 0 bridgehead atoms. The summed E-state index contributed by atoms with van der Waals surface area (Å²) in [6, 6.07) is 16.6. The van der Waals surface area contributed by atoms with E-state index in [2.05, 4.69) is 16.4 Å². The third-order valence-corrected chi connectivity index (χ3v) is 3.05. The molecule has 0 saturated carbocycles. The number of aromatic nitrogens is 1. The number of nitrogens with one attached hydrogen (secondary N) is 1. The van der Waals surface area contributed by atoms with Crippen LogP contribution in [-0.4, -0.2) is 4.98 Å². The number of hydrogen-bond acceptors (Lipinski definition) is 2. The van der Waals surface area contributed by atoms with Crippen molar-refractivity contribution in [2.45, 2.75) is 6.54 Å². The Bertz CT molecular complexity index is 687. The molecule has 19 heavy (non-hydrogen) atoms. The monoisotopic (exact) mass is 252 g/mol. The standard InChI is InChI=1S/C16H13FN2/c17-14-7-5-12(6-8-14)11-19-16-15-4-2-1-3-13(15)9-10-18-16/h1-10H,11H2,(H,18,19). The lowest BCUT2D eigenvalue weighted by atomic mass is 10.1. The molecule has 1 aromatic heterocycles. The topological polar surface area (TPSA) is 24.9 Å². The van der Waals surface area contributed by atoms with E-state index in [0.717, 1.165) is 22.2 Å². The summed E-state index contributed by atoms with van der Waals surface area (Å²) in [5.74, 6) is 0.634. The molecule has 2 nitrogen and oxygen atoms in total. The van der Waals surface area contributed by atoms with E-state index >= 15 is 0 Å². The second-order valence-electron chi connectivity index (χ2n) is 4.36. The van der Waals surface area contributed by atoms with Crippen LogP contribution in [-0.2, 0) is 6.54 Å². The van der Waals surface area contributed by atoms with Crippen LogP contribution in [0.15, 0.2) is 60.8 Å². The van der Waals surface area contributed by atoms with Gasteiger partial charge in [0.2, 0.25) is 0 Å². The van der Waals surface area contributed by atoms with E-state index in [1.807, 2.05) is 24.3 Å². The number of rotatable bonds is 3. The van der Waals surface area contributed by atoms with Crippen LogP contribution >= 0.6 is 0 Å². The molecule has 0 atom stereocenters. The van der Waals surface area contributed by atoms with Crippen molar-refractivity contribution in [2.75, 3.05) is 5.32 Å². The van der Waals surface area contributed by atoms with Crippen molar-refractivity contribution in [3.8, 4) is 0 Å². The lowest BCUT2D eigenvalue weighted by molar-refractivity contribution is 0.627. The van der Waals surface area contributed by atoms with Crippen LogP contribution in [0.2, 0.25) is 0 Å². The SMILES string of the molecule is Fc1ccc(CNc2nccc3ccccc23)cc1. The molecule has 3 heteroatoms. The van der Waals surface area contributed by atoms with Gasteiger partial charge in [-0.3, -0.25) is 0 Å². The average Bonchev–Trinajstić information content (AvgIpc) is 2.47. The van der Waals surface area contributed by atoms with Crippen molar-refractivity contribution in [3.05, 3.63) is 72.2 Å². The Kier molecular flexibility index (Phi) is 3.11. The molecule has 1 heterocycles. The molecular weight excluding hydrogens is 239 g/mol. The summed E-state index contributed by atoms with van der Waals surface area (Å²) < 4.78 is 12.8. The molecule has 0 fully saturated rings. The van der Waals surface area contributed by atoms with Gasteiger partial charge in [-0.1, -0.05) is 36.4 Å². The minimum Gasteiger partial charge on any atom is -0.365 e. The molecule has 0 aliphatic carbocycles. The highest BCUT2D eigenvalue weighted by atomic mass is 19.1. The van der Waals surface area contributed by atoms with Gasteiger partial charge in [0.1, 0.15) is 11.6 Å². The minimum absolute atomic E-state index is 0.216. The van der Waals surface area contributed by atoms with Crippen LogP contribution in [0.1, 0.15) is 5.56 Å². The summed E-state index contributed by atoms with van der Waals surface area (Å²) in [5, 5.41) is 5.53. The number of hydrogen-bond donors (Lipinski definition) is 1. The predicted molar refractivity (Wildman–Crippen MR) is 75.5 cm³/mol. The normalized spacial score (nSPS) is 10.6. The fourth-order valence-electron chi connectivity index (χ4n) is 2.05. The molecule has 0 spiro atoms. The van der Waals surface area contributed by atoms with Gasteiger partial charge in [0.15, 0.2) is 0 Å². The maximum absolute atomic E-state index is 12.8. The molecule has 0 unspecified atom stereocenters. The molecule has 94 valence electrons. The number of nitrogens with zero attached hydrogens (tertiary/aromatic N) is 1. The van der Waals surface area contributed by atoms with Gasteiger partial charge in [-0.2, -0.15) is 0 Å². The van der Waals surface area contributed by atoms with Crippen molar-refractivity contribution in [2.24, 2.45) is 0 Å². The molecule has 3 rings (SSSR count). The van der Waals surface area contributed by atoms with Crippen LogP contribution < -0.4 is 5.32 Å². The number of halogens is 1. The molecule has 0 amide bonds. The van der Waals surface area contributed by atoms with E-state index in [-0.39, 0.29) is 5.82 Å². The first-order valence-corrected chi connectivity index (χ1v) is 6.15. The van der Waals surface area contributed by atoms with Crippen LogP contribution in [0.25, 0.3) is 10.8 Å². The van der Waals surface area contributed by atoms with Crippen LogP contribution in [0.3, 0.4) is 0 Å². The van der Waals surface area contributed by atoms with Gasteiger partial charge in [-0.25, -0.2) is 9.37 Å². The van der Waals surface area contributed by atoms with Gasteiger partial charge in [0.05, 0.1) is 0 Å². The zero-order chi connectivity index (χ0) is 13.1. The molecule has 0 saturated heterocycles. The maximum Gasteiger partial charge on any atom is 0.134 e. The highest BCUT2D eigenvalue weighted by molar-refractivity contribution is 5.91. The Morgan fingerprint density at radius 1 is 0.947 bits per heavy atom. The Morgan fingerprint density at radius 2 is 1.74 bits per heavy atom. The third kappa shape index (κ3) is 2.55. The fraction of sp³-hybridized carbons (Fsp3) is 0.0625. The highest BCUT2D eigenvalue weighted by Crippen LogP contribution is 2.20. The van der Waals surface area contributed by atoms with Crippen LogP contribution in [0.5, 0.6) is 0 Å². The largest absolute Gasteiger partial charge is 0.365 e.